The van der Waals surface area contributed by atoms with E-state index in [4.69, 9.17) is 4.74 Å². The smallest absolute Gasteiger partial charge is 0.127 e. The molecule has 0 fully saturated rings. The molecule has 1 atom stereocenters. The number of phenolic OH excluding ortho intramolecular Hbond substituents is 1. The quantitative estimate of drug-likeness (QED) is 0.879. The maximum absolute atomic E-state index is 9.56. The van der Waals surface area contributed by atoms with Crippen molar-refractivity contribution in [2.24, 2.45) is 0 Å². The zero-order valence-electron chi connectivity index (χ0n) is 11.9. The van der Waals surface area contributed by atoms with Crippen LogP contribution in [-0.4, -0.2) is 11.7 Å². The Kier molecular flexibility index (Phi) is 4.17. The van der Waals surface area contributed by atoms with Crippen LogP contribution in [0.15, 0.2) is 40.9 Å². The molecule has 1 aliphatic heterocycles. The summed E-state index contributed by atoms with van der Waals surface area (Å²) in [6.45, 7) is 3.59. The Balaban J connectivity index is 1.73. The van der Waals surface area contributed by atoms with Gasteiger partial charge in [0, 0.05) is 29.0 Å². The van der Waals surface area contributed by atoms with E-state index in [9.17, 15) is 5.11 Å². The number of ether oxygens (including phenoxy) is 1. The first-order valence-corrected chi connectivity index (χ1v) is 7.89. The molecule has 0 saturated carbocycles. The van der Waals surface area contributed by atoms with Crippen molar-refractivity contribution in [1.29, 1.82) is 0 Å². The number of nitrogens with one attached hydrogen (secondary N) is 1. The fourth-order valence-electron chi connectivity index (χ4n) is 2.65. The summed E-state index contributed by atoms with van der Waals surface area (Å²) < 4.78 is 6.83. The van der Waals surface area contributed by atoms with E-state index >= 15 is 0 Å². The molecule has 1 unspecified atom stereocenters. The summed E-state index contributed by atoms with van der Waals surface area (Å²) >= 11 is 3.56. The fourth-order valence-corrected chi connectivity index (χ4v) is 3.21. The molecule has 3 nitrogen and oxygen atoms in total. The van der Waals surface area contributed by atoms with Gasteiger partial charge in [0.25, 0.3) is 0 Å². The van der Waals surface area contributed by atoms with Gasteiger partial charge in [-0.3, -0.25) is 0 Å². The van der Waals surface area contributed by atoms with Gasteiger partial charge < -0.3 is 15.2 Å². The number of hydrogen-bond acceptors (Lipinski definition) is 3. The summed E-state index contributed by atoms with van der Waals surface area (Å²) in [5, 5.41) is 13.0. The highest BCUT2D eigenvalue weighted by atomic mass is 79.9. The van der Waals surface area contributed by atoms with Crippen LogP contribution in [0.2, 0.25) is 0 Å². The van der Waals surface area contributed by atoms with Crippen LogP contribution in [0.25, 0.3) is 0 Å². The molecular weight excluding hydrogens is 330 g/mol. The summed E-state index contributed by atoms with van der Waals surface area (Å²) in [5.41, 5.74) is 3.51. The lowest BCUT2D eigenvalue weighted by molar-refractivity contribution is 0.351. The molecular formula is C17H18BrNO2. The van der Waals surface area contributed by atoms with E-state index in [0.29, 0.717) is 5.75 Å². The molecule has 2 aromatic rings. The summed E-state index contributed by atoms with van der Waals surface area (Å²) in [7, 11) is 0. The van der Waals surface area contributed by atoms with Crippen molar-refractivity contribution in [2.75, 3.05) is 6.61 Å². The van der Waals surface area contributed by atoms with Crippen molar-refractivity contribution in [3.63, 3.8) is 0 Å². The standard InChI is InChI=1S/C17H18BrNO2/c1-11(12-3-2-4-16(20)9-12)19-10-14-8-15(18)7-13-5-6-21-17(13)14/h2-4,7-9,11,19-20H,5-6,10H2,1H3. The summed E-state index contributed by atoms with van der Waals surface area (Å²) in [6.07, 6.45) is 0.976. The average Bonchev–Trinajstić information content (AvgIpc) is 2.92. The summed E-state index contributed by atoms with van der Waals surface area (Å²) in [6, 6.07) is 11.7. The van der Waals surface area contributed by atoms with E-state index in [0.717, 1.165) is 35.4 Å². The van der Waals surface area contributed by atoms with Crippen molar-refractivity contribution in [3.05, 3.63) is 57.6 Å². The number of aromatic hydroxyl groups is 1. The predicted octanol–water partition coefficient (Wildman–Crippen LogP) is 3.94. The average molecular weight is 348 g/mol. The molecule has 0 aromatic heterocycles. The zero-order chi connectivity index (χ0) is 14.8. The van der Waals surface area contributed by atoms with Crippen LogP contribution < -0.4 is 10.1 Å². The third-order valence-corrected chi connectivity index (χ3v) is 4.25. The fraction of sp³-hybridized carbons (Fsp3) is 0.294. The van der Waals surface area contributed by atoms with E-state index in [1.807, 2.05) is 12.1 Å². The number of halogens is 1. The first-order valence-electron chi connectivity index (χ1n) is 7.10. The number of benzene rings is 2. The van der Waals surface area contributed by atoms with Crippen molar-refractivity contribution < 1.29 is 9.84 Å². The molecule has 3 rings (SSSR count). The number of fused-ring (bicyclic) bond motifs is 1. The molecule has 21 heavy (non-hydrogen) atoms. The van der Waals surface area contributed by atoms with E-state index in [2.05, 4.69) is 40.3 Å². The second kappa shape index (κ2) is 6.08. The number of rotatable bonds is 4. The van der Waals surface area contributed by atoms with Gasteiger partial charge in [-0.2, -0.15) is 0 Å². The number of phenols is 1. The third-order valence-electron chi connectivity index (χ3n) is 3.79. The highest BCUT2D eigenvalue weighted by Gasteiger charge is 2.17. The van der Waals surface area contributed by atoms with E-state index in [1.165, 1.54) is 11.1 Å². The molecule has 1 heterocycles. The lowest BCUT2D eigenvalue weighted by atomic mass is 10.1. The lowest BCUT2D eigenvalue weighted by Crippen LogP contribution is -2.18. The minimum absolute atomic E-state index is 0.160. The van der Waals surface area contributed by atoms with Crippen molar-refractivity contribution in [2.45, 2.75) is 25.9 Å². The monoisotopic (exact) mass is 347 g/mol. The van der Waals surface area contributed by atoms with Gasteiger partial charge in [0.15, 0.2) is 0 Å². The van der Waals surface area contributed by atoms with Crippen LogP contribution in [0.5, 0.6) is 11.5 Å². The van der Waals surface area contributed by atoms with Crippen LogP contribution in [0.4, 0.5) is 0 Å². The Bertz CT molecular complexity index is 657. The van der Waals surface area contributed by atoms with Crippen LogP contribution in [0.3, 0.4) is 0 Å². The van der Waals surface area contributed by atoms with Gasteiger partial charge in [-0.25, -0.2) is 0 Å². The van der Waals surface area contributed by atoms with Gasteiger partial charge in [0.05, 0.1) is 6.61 Å². The van der Waals surface area contributed by atoms with Gasteiger partial charge in [-0.1, -0.05) is 28.1 Å². The topological polar surface area (TPSA) is 41.5 Å². The minimum atomic E-state index is 0.160. The first kappa shape index (κ1) is 14.4. The van der Waals surface area contributed by atoms with Crippen LogP contribution in [0, 0.1) is 0 Å². The van der Waals surface area contributed by atoms with Crippen LogP contribution >= 0.6 is 15.9 Å². The second-order valence-electron chi connectivity index (χ2n) is 5.35. The van der Waals surface area contributed by atoms with Gasteiger partial charge in [0.1, 0.15) is 11.5 Å². The van der Waals surface area contributed by atoms with E-state index < -0.39 is 0 Å². The Labute approximate surface area is 133 Å². The molecule has 2 aromatic carbocycles. The molecule has 0 bridgehead atoms. The molecule has 110 valence electrons. The highest BCUT2D eigenvalue weighted by molar-refractivity contribution is 9.10. The molecule has 0 saturated heterocycles. The van der Waals surface area contributed by atoms with Crippen molar-refractivity contribution in [1.82, 2.24) is 5.32 Å². The first-order chi connectivity index (χ1) is 10.1. The maximum Gasteiger partial charge on any atom is 0.127 e. The third kappa shape index (κ3) is 3.22. The molecule has 0 radical (unpaired) electrons. The van der Waals surface area contributed by atoms with E-state index in [1.54, 1.807) is 12.1 Å². The van der Waals surface area contributed by atoms with Gasteiger partial charge in [0.2, 0.25) is 0 Å². The Morgan fingerprint density at radius 1 is 1.33 bits per heavy atom. The van der Waals surface area contributed by atoms with Crippen LogP contribution in [0.1, 0.15) is 29.7 Å². The van der Waals surface area contributed by atoms with Gasteiger partial charge >= 0.3 is 0 Å². The second-order valence-corrected chi connectivity index (χ2v) is 6.26. The molecule has 4 heteroatoms. The van der Waals surface area contributed by atoms with Gasteiger partial charge in [-0.15, -0.1) is 0 Å². The molecule has 0 amide bonds. The normalized spacial score (nSPS) is 14.6. The van der Waals surface area contributed by atoms with Gasteiger partial charge in [-0.05, 0) is 42.3 Å². The lowest BCUT2D eigenvalue weighted by Gasteiger charge is -2.16. The molecule has 2 N–H and O–H groups in total. The van der Waals surface area contributed by atoms with E-state index in [-0.39, 0.29) is 6.04 Å². The van der Waals surface area contributed by atoms with Crippen molar-refractivity contribution in [3.8, 4) is 11.5 Å². The Hall–Kier alpha value is -1.52. The molecule has 0 aliphatic carbocycles. The molecule has 1 aliphatic rings. The minimum Gasteiger partial charge on any atom is -0.508 e. The SMILES string of the molecule is CC(NCc1cc(Br)cc2c1OCC2)c1cccc(O)c1. The predicted molar refractivity (Wildman–Crippen MR) is 86.7 cm³/mol. The number of hydrogen-bond donors (Lipinski definition) is 2. The Morgan fingerprint density at radius 3 is 3.00 bits per heavy atom. The van der Waals surface area contributed by atoms with Crippen LogP contribution in [-0.2, 0) is 13.0 Å². The summed E-state index contributed by atoms with van der Waals surface area (Å²) in [4.78, 5) is 0. The summed E-state index contributed by atoms with van der Waals surface area (Å²) in [5.74, 6) is 1.32. The molecule has 0 spiro atoms. The highest BCUT2D eigenvalue weighted by Crippen LogP contribution is 2.33. The zero-order valence-corrected chi connectivity index (χ0v) is 13.5. The van der Waals surface area contributed by atoms with Crippen molar-refractivity contribution >= 4 is 15.9 Å². The largest absolute Gasteiger partial charge is 0.508 e. The maximum atomic E-state index is 9.56. The Morgan fingerprint density at radius 2 is 2.19 bits per heavy atom.